The van der Waals surface area contributed by atoms with Crippen molar-refractivity contribution in [2.45, 2.75) is 51.7 Å². The van der Waals surface area contributed by atoms with E-state index in [1.165, 1.54) is 0 Å². The van der Waals surface area contributed by atoms with Gasteiger partial charge in [0.2, 0.25) is 0 Å². The molecule has 1 amide bonds. The van der Waals surface area contributed by atoms with Gasteiger partial charge in [0.25, 0.3) is 5.91 Å². The first-order valence-electron chi connectivity index (χ1n) is 8.51. The summed E-state index contributed by atoms with van der Waals surface area (Å²) in [5.74, 6) is 2.75. The molecule has 3 heterocycles. The maximum atomic E-state index is 12.8. The van der Waals surface area contributed by atoms with E-state index < -0.39 is 0 Å². The third-order valence-electron chi connectivity index (χ3n) is 5.08. The Hall–Kier alpha value is -2.37. The molecule has 1 aromatic heterocycles. The summed E-state index contributed by atoms with van der Waals surface area (Å²) in [4.78, 5) is 14.8. The Balaban J connectivity index is 1.47. The van der Waals surface area contributed by atoms with Crippen LogP contribution >= 0.6 is 0 Å². The van der Waals surface area contributed by atoms with Crippen molar-refractivity contribution in [3.63, 3.8) is 0 Å². The fourth-order valence-corrected chi connectivity index (χ4v) is 3.91. The van der Waals surface area contributed by atoms with E-state index in [9.17, 15) is 4.79 Å². The van der Waals surface area contributed by atoms with Crippen molar-refractivity contribution in [1.29, 1.82) is 0 Å². The predicted molar refractivity (Wildman–Crippen MR) is 88.8 cm³/mol. The molecule has 0 unspecified atom stereocenters. The third kappa shape index (κ3) is 2.66. The van der Waals surface area contributed by atoms with E-state index >= 15 is 0 Å². The molecule has 4 rings (SSSR count). The Bertz CT molecular complexity index is 770. The molecule has 1 aromatic carbocycles. The molecular formula is C18H22N4O2. The standard InChI is InChI=1S/C18H22N4O2/c1-12-4-3-5-16(8-12)24-11-18(23)22-14-6-7-15(22)10-21-13(2)19-20-17(21)9-14/h3-5,8,14-15H,6-7,9-11H2,1-2H3/t14-,15+/m0/s1. The van der Waals surface area contributed by atoms with Crippen LogP contribution in [0.15, 0.2) is 24.3 Å². The second-order valence-electron chi connectivity index (χ2n) is 6.77. The van der Waals surface area contributed by atoms with Crippen LogP contribution in [-0.4, -0.2) is 44.3 Å². The van der Waals surface area contributed by atoms with E-state index in [4.69, 9.17) is 4.74 Å². The first-order chi connectivity index (χ1) is 11.6. The molecule has 2 bridgehead atoms. The molecule has 0 spiro atoms. The van der Waals surface area contributed by atoms with E-state index in [0.29, 0.717) is 0 Å². The van der Waals surface area contributed by atoms with Crippen molar-refractivity contribution in [2.75, 3.05) is 6.61 Å². The van der Waals surface area contributed by atoms with Crippen LogP contribution in [0, 0.1) is 13.8 Å². The molecule has 6 nitrogen and oxygen atoms in total. The van der Waals surface area contributed by atoms with Gasteiger partial charge in [-0.2, -0.15) is 0 Å². The molecule has 1 saturated heterocycles. The smallest absolute Gasteiger partial charge is 0.261 e. The lowest BCUT2D eigenvalue weighted by atomic mass is 10.1. The lowest BCUT2D eigenvalue weighted by molar-refractivity contribution is -0.136. The Morgan fingerprint density at radius 1 is 1.25 bits per heavy atom. The van der Waals surface area contributed by atoms with E-state index in [1.54, 1.807) is 0 Å². The van der Waals surface area contributed by atoms with Gasteiger partial charge in [-0.05, 0) is 44.4 Å². The zero-order chi connectivity index (χ0) is 16.7. The molecule has 126 valence electrons. The number of carbonyl (C=O) groups is 1. The first-order valence-corrected chi connectivity index (χ1v) is 8.51. The van der Waals surface area contributed by atoms with Crippen LogP contribution in [0.5, 0.6) is 5.75 Å². The Morgan fingerprint density at radius 2 is 2.08 bits per heavy atom. The number of carbonyl (C=O) groups excluding carboxylic acids is 1. The highest BCUT2D eigenvalue weighted by Crippen LogP contribution is 2.31. The monoisotopic (exact) mass is 326 g/mol. The zero-order valence-electron chi connectivity index (χ0n) is 14.1. The van der Waals surface area contributed by atoms with Gasteiger partial charge in [0.05, 0.1) is 6.04 Å². The summed E-state index contributed by atoms with van der Waals surface area (Å²) in [6.45, 7) is 4.88. The molecule has 1 fully saturated rings. The second-order valence-corrected chi connectivity index (χ2v) is 6.77. The van der Waals surface area contributed by atoms with Crippen LogP contribution < -0.4 is 4.74 Å². The number of amides is 1. The van der Waals surface area contributed by atoms with E-state index in [0.717, 1.165) is 48.8 Å². The lowest BCUT2D eigenvalue weighted by Gasteiger charge is -2.28. The largest absolute Gasteiger partial charge is 0.484 e. The Labute approximate surface area is 141 Å². The summed E-state index contributed by atoms with van der Waals surface area (Å²) in [5, 5.41) is 8.45. The minimum atomic E-state index is 0.0698. The maximum absolute atomic E-state index is 12.8. The van der Waals surface area contributed by atoms with Crippen LogP contribution in [0.2, 0.25) is 0 Å². The molecule has 2 aliphatic rings. The molecule has 0 N–H and O–H groups in total. The van der Waals surface area contributed by atoms with Crippen molar-refractivity contribution < 1.29 is 9.53 Å². The predicted octanol–water partition coefficient (Wildman–Crippen LogP) is 1.89. The fourth-order valence-electron chi connectivity index (χ4n) is 3.91. The van der Waals surface area contributed by atoms with Gasteiger partial charge in [-0.3, -0.25) is 4.79 Å². The van der Waals surface area contributed by atoms with Gasteiger partial charge in [0.15, 0.2) is 6.61 Å². The maximum Gasteiger partial charge on any atom is 0.261 e. The summed E-state index contributed by atoms with van der Waals surface area (Å²) in [7, 11) is 0. The average molecular weight is 326 g/mol. The van der Waals surface area contributed by atoms with Crippen molar-refractivity contribution in [1.82, 2.24) is 19.7 Å². The molecule has 6 heteroatoms. The summed E-state index contributed by atoms with van der Waals surface area (Å²) in [6, 6.07) is 8.24. The number of aryl methyl sites for hydroxylation is 2. The number of benzene rings is 1. The van der Waals surface area contributed by atoms with E-state index in [2.05, 4.69) is 14.8 Å². The highest BCUT2D eigenvalue weighted by atomic mass is 16.5. The number of hydrogen-bond donors (Lipinski definition) is 0. The van der Waals surface area contributed by atoms with Gasteiger partial charge in [0.1, 0.15) is 17.4 Å². The van der Waals surface area contributed by atoms with Crippen molar-refractivity contribution in [3.8, 4) is 5.75 Å². The van der Waals surface area contributed by atoms with E-state index in [1.807, 2.05) is 43.0 Å². The number of rotatable bonds is 3. The van der Waals surface area contributed by atoms with Gasteiger partial charge in [-0.15, -0.1) is 10.2 Å². The second kappa shape index (κ2) is 5.92. The first kappa shape index (κ1) is 15.2. The van der Waals surface area contributed by atoms with Gasteiger partial charge in [-0.25, -0.2) is 0 Å². The number of hydrogen-bond acceptors (Lipinski definition) is 4. The number of fused-ring (bicyclic) bond motifs is 3. The van der Waals surface area contributed by atoms with Crippen LogP contribution in [0.25, 0.3) is 0 Å². The molecule has 2 aromatic rings. The SMILES string of the molecule is Cc1cccc(OCC(=O)N2[C@@H]3CC[C@H]2Cc2nnc(C)n2C3)c1. The van der Waals surface area contributed by atoms with Crippen molar-refractivity contribution in [2.24, 2.45) is 0 Å². The normalized spacial score (nSPS) is 22.2. The summed E-state index contributed by atoms with van der Waals surface area (Å²) in [5.41, 5.74) is 1.13. The summed E-state index contributed by atoms with van der Waals surface area (Å²) >= 11 is 0. The topological polar surface area (TPSA) is 60.2 Å². The summed E-state index contributed by atoms with van der Waals surface area (Å²) in [6.07, 6.45) is 2.86. The van der Waals surface area contributed by atoms with Gasteiger partial charge in [-0.1, -0.05) is 12.1 Å². The summed E-state index contributed by atoms with van der Waals surface area (Å²) < 4.78 is 7.88. The van der Waals surface area contributed by atoms with Crippen molar-refractivity contribution in [3.05, 3.63) is 41.5 Å². The number of aromatic nitrogens is 3. The van der Waals surface area contributed by atoms with Crippen LogP contribution in [-0.2, 0) is 17.8 Å². The van der Waals surface area contributed by atoms with Gasteiger partial charge < -0.3 is 14.2 Å². The van der Waals surface area contributed by atoms with Crippen LogP contribution in [0.3, 0.4) is 0 Å². The van der Waals surface area contributed by atoms with Crippen molar-refractivity contribution >= 4 is 5.91 Å². The molecule has 0 radical (unpaired) electrons. The molecule has 24 heavy (non-hydrogen) atoms. The quantitative estimate of drug-likeness (QED) is 0.864. The van der Waals surface area contributed by atoms with E-state index in [-0.39, 0.29) is 24.6 Å². The highest BCUT2D eigenvalue weighted by molar-refractivity contribution is 5.79. The van der Waals surface area contributed by atoms with Gasteiger partial charge in [0, 0.05) is 19.0 Å². The molecule has 2 aliphatic heterocycles. The average Bonchev–Trinajstić information content (AvgIpc) is 3.04. The minimum Gasteiger partial charge on any atom is -0.484 e. The zero-order valence-corrected chi connectivity index (χ0v) is 14.1. The third-order valence-corrected chi connectivity index (χ3v) is 5.08. The fraction of sp³-hybridized carbons (Fsp3) is 0.500. The van der Waals surface area contributed by atoms with Gasteiger partial charge >= 0.3 is 0 Å². The Kier molecular flexibility index (Phi) is 3.75. The van der Waals surface area contributed by atoms with Crippen LogP contribution in [0.4, 0.5) is 0 Å². The molecular weight excluding hydrogens is 304 g/mol. The molecule has 2 atom stereocenters. The minimum absolute atomic E-state index is 0.0698. The lowest BCUT2D eigenvalue weighted by Crippen LogP contribution is -2.44. The molecule has 0 saturated carbocycles. The molecule has 0 aliphatic carbocycles. The Morgan fingerprint density at radius 3 is 2.92 bits per heavy atom. The number of nitrogens with zero attached hydrogens (tertiary/aromatic N) is 4. The number of ether oxygens (including phenoxy) is 1. The van der Waals surface area contributed by atoms with Crippen LogP contribution in [0.1, 0.15) is 30.1 Å². The highest BCUT2D eigenvalue weighted by Gasteiger charge is 2.40.